The maximum absolute atomic E-state index is 4.78. The van der Waals surface area contributed by atoms with Crippen LogP contribution in [-0.4, -0.2) is 19.9 Å². The Kier molecular flexibility index (Phi) is 5.98. The first-order valence-corrected chi connectivity index (χ1v) is 11.4. The molecule has 33 heavy (non-hydrogen) atoms. The van der Waals surface area contributed by atoms with Gasteiger partial charge in [0.1, 0.15) is 5.82 Å². The highest BCUT2D eigenvalue weighted by atomic mass is 15.2. The predicted molar refractivity (Wildman–Crippen MR) is 132 cm³/mol. The molecule has 2 atom stereocenters. The van der Waals surface area contributed by atoms with E-state index >= 15 is 0 Å². The molecule has 0 aliphatic heterocycles. The zero-order chi connectivity index (χ0) is 22.6. The number of benzene rings is 2. The van der Waals surface area contributed by atoms with Gasteiger partial charge < -0.3 is 10.6 Å². The highest BCUT2D eigenvalue weighted by Crippen LogP contribution is 2.44. The largest absolute Gasteiger partial charge is 0.324 e. The standard InChI is InChI=1S/C27H28N6/c1-18-6-3-8-20(14-18)24-12-11-21(24)16-25-31-26(29-22-9-4-7-19(2)15-22)33-27(32-25)30-23-10-5-13-28-17-23/h3-10,13-15,17,21,24H,11-12,16H2,1-2H3,(H2,29,30,31,32,33). The highest BCUT2D eigenvalue weighted by molar-refractivity contribution is 5.57. The van der Waals surface area contributed by atoms with Crippen molar-refractivity contribution in [1.82, 2.24) is 19.9 Å². The fraction of sp³-hybridized carbons (Fsp3) is 0.259. The van der Waals surface area contributed by atoms with Crippen molar-refractivity contribution in [3.8, 4) is 0 Å². The molecule has 4 aromatic rings. The van der Waals surface area contributed by atoms with Gasteiger partial charge >= 0.3 is 0 Å². The molecule has 1 aliphatic rings. The Hall–Kier alpha value is -3.80. The molecule has 0 bridgehead atoms. The number of aromatic nitrogens is 4. The minimum absolute atomic E-state index is 0.523. The van der Waals surface area contributed by atoms with Gasteiger partial charge in [-0.3, -0.25) is 4.98 Å². The summed E-state index contributed by atoms with van der Waals surface area (Å²) in [7, 11) is 0. The fourth-order valence-corrected chi connectivity index (χ4v) is 4.43. The van der Waals surface area contributed by atoms with E-state index in [1.165, 1.54) is 29.5 Å². The lowest BCUT2D eigenvalue weighted by Gasteiger charge is -2.37. The number of aryl methyl sites for hydroxylation is 2. The number of nitrogens with one attached hydrogen (secondary N) is 2. The van der Waals surface area contributed by atoms with Crippen molar-refractivity contribution in [2.24, 2.45) is 5.92 Å². The number of hydrogen-bond donors (Lipinski definition) is 2. The van der Waals surface area contributed by atoms with Crippen molar-refractivity contribution in [3.63, 3.8) is 0 Å². The van der Waals surface area contributed by atoms with E-state index in [0.717, 1.165) is 23.6 Å². The maximum Gasteiger partial charge on any atom is 0.232 e. The predicted octanol–water partition coefficient (Wildman–Crippen LogP) is 6.11. The Morgan fingerprint density at radius 1 is 0.788 bits per heavy atom. The third kappa shape index (κ3) is 5.17. The third-order valence-corrected chi connectivity index (χ3v) is 6.21. The van der Waals surface area contributed by atoms with Gasteiger partial charge in [-0.25, -0.2) is 0 Å². The molecule has 0 radical (unpaired) electrons. The van der Waals surface area contributed by atoms with E-state index in [1.807, 2.05) is 24.3 Å². The zero-order valence-electron chi connectivity index (χ0n) is 19.0. The lowest BCUT2D eigenvalue weighted by molar-refractivity contribution is 0.249. The third-order valence-electron chi connectivity index (χ3n) is 6.21. The number of anilines is 4. The van der Waals surface area contributed by atoms with Crippen LogP contribution < -0.4 is 10.6 Å². The summed E-state index contributed by atoms with van der Waals surface area (Å²) in [5, 5.41) is 6.63. The van der Waals surface area contributed by atoms with Crippen LogP contribution in [0.3, 0.4) is 0 Å². The molecule has 2 heterocycles. The molecule has 0 saturated heterocycles. The number of nitrogens with zero attached hydrogens (tertiary/aromatic N) is 4. The second-order valence-electron chi connectivity index (χ2n) is 8.82. The van der Waals surface area contributed by atoms with E-state index in [-0.39, 0.29) is 0 Å². The number of hydrogen-bond acceptors (Lipinski definition) is 6. The van der Waals surface area contributed by atoms with Gasteiger partial charge in [0.15, 0.2) is 0 Å². The zero-order valence-corrected chi connectivity index (χ0v) is 19.0. The molecule has 6 nitrogen and oxygen atoms in total. The van der Waals surface area contributed by atoms with Gasteiger partial charge in [0.25, 0.3) is 0 Å². The summed E-state index contributed by atoms with van der Waals surface area (Å²) in [6.45, 7) is 4.23. The quantitative estimate of drug-likeness (QED) is 0.364. The molecule has 166 valence electrons. The van der Waals surface area contributed by atoms with Crippen LogP contribution in [0.15, 0.2) is 73.1 Å². The van der Waals surface area contributed by atoms with Gasteiger partial charge in [-0.1, -0.05) is 42.0 Å². The van der Waals surface area contributed by atoms with Crippen molar-refractivity contribution in [1.29, 1.82) is 0 Å². The summed E-state index contributed by atoms with van der Waals surface area (Å²) in [5.41, 5.74) is 5.72. The van der Waals surface area contributed by atoms with Crippen LogP contribution in [0.4, 0.5) is 23.3 Å². The van der Waals surface area contributed by atoms with Gasteiger partial charge in [-0.05, 0) is 73.9 Å². The van der Waals surface area contributed by atoms with Crippen LogP contribution in [0.25, 0.3) is 0 Å². The van der Waals surface area contributed by atoms with Crippen molar-refractivity contribution in [2.45, 2.75) is 39.0 Å². The Bertz CT molecular complexity index is 1240. The number of rotatable bonds is 7. The SMILES string of the molecule is Cc1cccc(Nc2nc(CC3CCC3c3cccc(C)c3)nc(Nc3cccnc3)n2)c1. The molecule has 2 N–H and O–H groups in total. The molecule has 0 spiro atoms. The van der Waals surface area contributed by atoms with Gasteiger partial charge in [0, 0.05) is 18.3 Å². The molecule has 1 saturated carbocycles. The van der Waals surface area contributed by atoms with Crippen LogP contribution in [0.2, 0.25) is 0 Å². The molecule has 1 fully saturated rings. The number of pyridine rings is 1. The van der Waals surface area contributed by atoms with Crippen LogP contribution in [-0.2, 0) is 6.42 Å². The van der Waals surface area contributed by atoms with Crippen LogP contribution in [0.1, 0.15) is 41.3 Å². The molecule has 5 rings (SSSR count). The second kappa shape index (κ2) is 9.36. The first-order chi connectivity index (χ1) is 16.1. The van der Waals surface area contributed by atoms with E-state index < -0.39 is 0 Å². The molecule has 2 aromatic carbocycles. The summed E-state index contributed by atoms with van der Waals surface area (Å²) in [6.07, 6.45) is 6.74. The van der Waals surface area contributed by atoms with Gasteiger partial charge in [0.05, 0.1) is 11.9 Å². The lowest BCUT2D eigenvalue weighted by Crippen LogP contribution is -2.27. The molecule has 1 aliphatic carbocycles. The Balaban J connectivity index is 1.41. The van der Waals surface area contributed by atoms with E-state index in [9.17, 15) is 0 Å². The van der Waals surface area contributed by atoms with Crippen molar-refractivity contribution in [3.05, 3.63) is 95.6 Å². The van der Waals surface area contributed by atoms with E-state index in [2.05, 4.69) is 70.8 Å². The Labute approximate surface area is 194 Å². The molecular weight excluding hydrogens is 408 g/mol. The highest BCUT2D eigenvalue weighted by Gasteiger charge is 2.33. The molecular formula is C27H28N6. The topological polar surface area (TPSA) is 75.6 Å². The van der Waals surface area contributed by atoms with Gasteiger partial charge in [-0.2, -0.15) is 15.0 Å². The Morgan fingerprint density at radius 2 is 1.52 bits per heavy atom. The lowest BCUT2D eigenvalue weighted by atomic mass is 9.68. The first kappa shape index (κ1) is 21.1. The minimum Gasteiger partial charge on any atom is -0.324 e. The maximum atomic E-state index is 4.78. The average Bonchev–Trinajstić information content (AvgIpc) is 2.77. The normalized spacial score (nSPS) is 17.3. The summed E-state index contributed by atoms with van der Waals surface area (Å²) >= 11 is 0. The van der Waals surface area contributed by atoms with E-state index in [1.54, 1.807) is 12.4 Å². The monoisotopic (exact) mass is 436 g/mol. The summed E-state index contributed by atoms with van der Waals surface area (Å²) in [6, 6.07) is 20.9. The smallest absolute Gasteiger partial charge is 0.232 e. The van der Waals surface area contributed by atoms with E-state index in [4.69, 9.17) is 9.97 Å². The van der Waals surface area contributed by atoms with Gasteiger partial charge in [-0.15, -0.1) is 0 Å². The molecule has 2 unspecified atom stereocenters. The second-order valence-corrected chi connectivity index (χ2v) is 8.82. The molecule has 2 aromatic heterocycles. The van der Waals surface area contributed by atoms with Crippen LogP contribution in [0, 0.1) is 19.8 Å². The molecule has 6 heteroatoms. The summed E-state index contributed by atoms with van der Waals surface area (Å²) < 4.78 is 0. The Morgan fingerprint density at radius 3 is 2.18 bits per heavy atom. The van der Waals surface area contributed by atoms with Crippen molar-refractivity contribution < 1.29 is 0 Å². The van der Waals surface area contributed by atoms with Crippen LogP contribution >= 0.6 is 0 Å². The van der Waals surface area contributed by atoms with E-state index in [0.29, 0.717) is 23.7 Å². The summed E-state index contributed by atoms with van der Waals surface area (Å²) in [4.78, 5) is 18.3. The van der Waals surface area contributed by atoms with Crippen molar-refractivity contribution >= 4 is 23.3 Å². The van der Waals surface area contributed by atoms with Crippen LogP contribution in [0.5, 0.6) is 0 Å². The van der Waals surface area contributed by atoms with Gasteiger partial charge in [0.2, 0.25) is 11.9 Å². The minimum atomic E-state index is 0.523. The molecule has 0 amide bonds. The average molecular weight is 437 g/mol. The fourth-order valence-electron chi connectivity index (χ4n) is 4.43. The summed E-state index contributed by atoms with van der Waals surface area (Å²) in [5.74, 6) is 2.96. The first-order valence-electron chi connectivity index (χ1n) is 11.4. The van der Waals surface area contributed by atoms with Crippen molar-refractivity contribution in [2.75, 3.05) is 10.6 Å².